The highest BCUT2D eigenvalue weighted by Gasteiger charge is 2.20. The number of aryl methyl sites for hydroxylation is 3. The molecule has 2 heterocycles. The summed E-state index contributed by atoms with van der Waals surface area (Å²) >= 11 is 7.24. The summed E-state index contributed by atoms with van der Waals surface area (Å²) in [5.74, 6) is 0. The van der Waals surface area contributed by atoms with Crippen molar-refractivity contribution in [1.29, 1.82) is 0 Å². The predicted octanol–water partition coefficient (Wildman–Crippen LogP) is 4.81. The van der Waals surface area contributed by atoms with Crippen molar-refractivity contribution in [3.63, 3.8) is 0 Å². The number of halogens is 1. The molecule has 2 aromatic rings. The van der Waals surface area contributed by atoms with Crippen molar-refractivity contribution in [2.75, 3.05) is 0 Å². The Labute approximate surface area is 124 Å². The summed E-state index contributed by atoms with van der Waals surface area (Å²) in [6.45, 7) is 2.15. The molecule has 0 saturated carbocycles. The van der Waals surface area contributed by atoms with Crippen LogP contribution in [0.5, 0.6) is 0 Å². The van der Waals surface area contributed by atoms with Crippen LogP contribution in [0.3, 0.4) is 0 Å². The molecule has 1 aliphatic rings. The van der Waals surface area contributed by atoms with Crippen LogP contribution in [0.2, 0.25) is 0 Å². The van der Waals surface area contributed by atoms with Crippen molar-refractivity contribution < 1.29 is 0 Å². The molecule has 4 heteroatoms. The highest BCUT2D eigenvalue weighted by molar-refractivity contribution is 9.11. The second kappa shape index (κ2) is 5.08. The first kappa shape index (κ1) is 12.9. The fraction of sp³-hybridized carbons (Fsp3) is 0.429. The van der Waals surface area contributed by atoms with Crippen molar-refractivity contribution in [3.8, 4) is 0 Å². The van der Waals surface area contributed by atoms with Gasteiger partial charge >= 0.3 is 0 Å². The van der Waals surface area contributed by atoms with Crippen LogP contribution >= 0.6 is 38.6 Å². The lowest BCUT2D eigenvalue weighted by atomic mass is 9.98. The molecular formula is C14H16BrNS2. The van der Waals surface area contributed by atoms with Crippen molar-refractivity contribution in [2.45, 2.75) is 38.6 Å². The van der Waals surface area contributed by atoms with E-state index < -0.39 is 0 Å². The Kier molecular flexibility index (Phi) is 3.63. The van der Waals surface area contributed by atoms with Crippen LogP contribution in [0, 0.1) is 6.92 Å². The Morgan fingerprint density at radius 1 is 1.22 bits per heavy atom. The standard InChI is InChI=1S/C14H16BrNS2/c1-8-10(7-13(15)17-8)14(16)12-6-9-4-2-3-5-11(9)18-12/h6-7,14H,2-5,16H2,1H3. The van der Waals surface area contributed by atoms with Crippen molar-refractivity contribution in [1.82, 2.24) is 0 Å². The Morgan fingerprint density at radius 3 is 2.67 bits per heavy atom. The molecule has 0 spiro atoms. The SMILES string of the molecule is Cc1sc(Br)cc1C(N)c1cc2c(s1)CCCC2. The Hall–Kier alpha value is -0.160. The molecule has 1 unspecified atom stereocenters. The molecule has 96 valence electrons. The van der Waals surface area contributed by atoms with E-state index in [0.29, 0.717) is 0 Å². The van der Waals surface area contributed by atoms with Gasteiger partial charge in [-0.2, -0.15) is 0 Å². The van der Waals surface area contributed by atoms with Gasteiger partial charge in [0.1, 0.15) is 0 Å². The first-order valence-electron chi connectivity index (χ1n) is 6.28. The number of rotatable bonds is 2. The second-order valence-corrected chi connectivity index (χ2v) is 8.65. The van der Waals surface area contributed by atoms with E-state index >= 15 is 0 Å². The number of nitrogens with two attached hydrogens (primary N) is 1. The number of thiophene rings is 2. The van der Waals surface area contributed by atoms with E-state index in [2.05, 4.69) is 35.0 Å². The molecule has 0 saturated heterocycles. The lowest BCUT2D eigenvalue weighted by Crippen LogP contribution is -2.10. The van der Waals surface area contributed by atoms with Crippen LogP contribution in [-0.4, -0.2) is 0 Å². The van der Waals surface area contributed by atoms with Gasteiger partial charge in [-0.25, -0.2) is 0 Å². The van der Waals surface area contributed by atoms with Gasteiger partial charge in [-0.15, -0.1) is 22.7 Å². The fourth-order valence-corrected chi connectivity index (χ4v) is 5.62. The van der Waals surface area contributed by atoms with Crippen LogP contribution in [0.4, 0.5) is 0 Å². The molecule has 0 radical (unpaired) electrons. The maximum Gasteiger partial charge on any atom is 0.0704 e. The summed E-state index contributed by atoms with van der Waals surface area (Å²) in [6.07, 6.45) is 5.16. The van der Waals surface area contributed by atoms with Crippen LogP contribution in [0.25, 0.3) is 0 Å². The van der Waals surface area contributed by atoms with E-state index in [0.717, 1.165) is 0 Å². The molecule has 2 N–H and O–H groups in total. The smallest absolute Gasteiger partial charge is 0.0704 e. The third-order valence-electron chi connectivity index (χ3n) is 3.58. The van der Waals surface area contributed by atoms with Gasteiger partial charge in [-0.05, 0) is 71.8 Å². The molecule has 0 aliphatic heterocycles. The first-order valence-corrected chi connectivity index (χ1v) is 8.70. The van der Waals surface area contributed by atoms with Crippen molar-refractivity contribution in [3.05, 3.63) is 41.7 Å². The van der Waals surface area contributed by atoms with E-state index in [-0.39, 0.29) is 6.04 Å². The summed E-state index contributed by atoms with van der Waals surface area (Å²) in [7, 11) is 0. The Bertz CT molecular complexity index is 547. The zero-order valence-corrected chi connectivity index (χ0v) is 13.6. The van der Waals surface area contributed by atoms with Gasteiger partial charge in [0.25, 0.3) is 0 Å². The summed E-state index contributed by atoms with van der Waals surface area (Å²) in [5.41, 5.74) is 9.25. The monoisotopic (exact) mass is 341 g/mol. The lowest BCUT2D eigenvalue weighted by Gasteiger charge is -2.08. The minimum Gasteiger partial charge on any atom is -0.320 e. The van der Waals surface area contributed by atoms with Gasteiger partial charge in [-0.1, -0.05) is 0 Å². The lowest BCUT2D eigenvalue weighted by molar-refractivity contribution is 0.696. The van der Waals surface area contributed by atoms with Gasteiger partial charge in [0.15, 0.2) is 0 Å². The zero-order valence-electron chi connectivity index (χ0n) is 10.3. The average molecular weight is 342 g/mol. The predicted molar refractivity (Wildman–Crippen MR) is 83.7 cm³/mol. The van der Waals surface area contributed by atoms with Crippen LogP contribution in [-0.2, 0) is 12.8 Å². The molecule has 0 amide bonds. The molecular weight excluding hydrogens is 326 g/mol. The highest BCUT2D eigenvalue weighted by atomic mass is 79.9. The van der Waals surface area contributed by atoms with Crippen LogP contribution < -0.4 is 5.73 Å². The van der Waals surface area contributed by atoms with Gasteiger partial charge in [0.2, 0.25) is 0 Å². The molecule has 18 heavy (non-hydrogen) atoms. The zero-order chi connectivity index (χ0) is 12.7. The molecule has 1 nitrogen and oxygen atoms in total. The summed E-state index contributed by atoms with van der Waals surface area (Å²) in [5, 5.41) is 0. The fourth-order valence-electron chi connectivity index (χ4n) is 2.59. The third kappa shape index (κ3) is 2.31. The highest BCUT2D eigenvalue weighted by Crippen LogP contribution is 2.37. The average Bonchev–Trinajstić information content (AvgIpc) is 2.91. The molecule has 1 aliphatic carbocycles. The van der Waals surface area contributed by atoms with Crippen LogP contribution in [0.1, 0.15) is 44.6 Å². The second-order valence-electron chi connectivity index (χ2n) is 4.84. The molecule has 0 bridgehead atoms. The minimum atomic E-state index is 0.0446. The third-order valence-corrected chi connectivity index (χ3v) is 6.47. The van der Waals surface area contributed by atoms with E-state index in [4.69, 9.17) is 5.73 Å². The quantitative estimate of drug-likeness (QED) is 0.833. The normalized spacial score (nSPS) is 16.6. The van der Waals surface area contributed by atoms with Crippen molar-refractivity contribution in [2.24, 2.45) is 5.73 Å². The van der Waals surface area contributed by atoms with E-state index in [1.807, 2.05) is 11.3 Å². The topological polar surface area (TPSA) is 26.0 Å². The summed E-state index contributed by atoms with van der Waals surface area (Å²) in [6, 6.07) is 4.56. The maximum atomic E-state index is 6.44. The summed E-state index contributed by atoms with van der Waals surface area (Å²) in [4.78, 5) is 4.22. The van der Waals surface area contributed by atoms with Crippen LogP contribution in [0.15, 0.2) is 15.9 Å². The number of hydrogen-bond donors (Lipinski definition) is 1. The van der Waals surface area contributed by atoms with E-state index in [9.17, 15) is 0 Å². The van der Waals surface area contributed by atoms with Gasteiger partial charge in [-0.3, -0.25) is 0 Å². The van der Waals surface area contributed by atoms with Gasteiger partial charge in [0.05, 0.1) is 9.83 Å². The Balaban J connectivity index is 1.94. The largest absolute Gasteiger partial charge is 0.320 e. The Morgan fingerprint density at radius 2 is 2.00 bits per heavy atom. The minimum absolute atomic E-state index is 0.0446. The molecule has 0 aromatic carbocycles. The summed E-state index contributed by atoms with van der Waals surface area (Å²) < 4.78 is 1.17. The van der Waals surface area contributed by atoms with Gasteiger partial charge < -0.3 is 5.73 Å². The van der Waals surface area contributed by atoms with Gasteiger partial charge in [0, 0.05) is 14.6 Å². The maximum absolute atomic E-state index is 6.44. The molecule has 3 rings (SSSR count). The molecule has 1 atom stereocenters. The van der Waals surface area contributed by atoms with E-state index in [1.54, 1.807) is 21.8 Å². The van der Waals surface area contributed by atoms with E-state index in [1.165, 1.54) is 44.8 Å². The molecule has 0 fully saturated rings. The first-order chi connectivity index (χ1) is 8.65. The van der Waals surface area contributed by atoms with Crippen molar-refractivity contribution >= 4 is 38.6 Å². The number of fused-ring (bicyclic) bond motifs is 1. The molecule has 2 aromatic heterocycles. The number of hydrogen-bond acceptors (Lipinski definition) is 3.